The molecule has 162 valence electrons. The lowest BCUT2D eigenvalue weighted by Crippen LogP contribution is -2.37. The third-order valence-corrected chi connectivity index (χ3v) is 6.81. The number of rotatable bonds is 7. The Morgan fingerprint density at radius 3 is 2.29 bits per heavy atom. The molecule has 3 aromatic carbocycles. The number of hydrogen-bond acceptors (Lipinski definition) is 3. The number of nitrogens with one attached hydrogen (secondary N) is 1. The number of halogens is 4. The van der Waals surface area contributed by atoms with Crippen molar-refractivity contribution in [3.05, 3.63) is 93.2 Å². The van der Waals surface area contributed by atoms with Gasteiger partial charge in [0.2, 0.25) is 15.9 Å². The number of hydrogen-bond donors (Lipinski definition) is 1. The lowest BCUT2D eigenvalue weighted by atomic mass is 10.2. The Morgan fingerprint density at radius 1 is 0.935 bits per heavy atom. The Labute approximate surface area is 194 Å². The molecule has 1 N–H and O–H groups in total. The molecule has 0 aliphatic heterocycles. The normalized spacial score (nSPS) is 11.5. The van der Waals surface area contributed by atoms with Crippen molar-refractivity contribution < 1.29 is 17.6 Å². The molecule has 0 aromatic heterocycles. The van der Waals surface area contributed by atoms with Gasteiger partial charge in [0.05, 0.1) is 16.5 Å². The Hall–Kier alpha value is -2.16. The standard InChI is InChI=1S/C21H16Cl3FN2O3S/c22-15-4-7-18(8-5-15)31(29,30)27(12-14-2-1-3-16(23)10-14)13-21(28)26-17-6-9-20(25)19(24)11-17/h1-11H,12-13H2,(H,26,28). The number of sulfonamides is 1. The SMILES string of the molecule is O=C(CN(Cc1cccc(Cl)c1)S(=O)(=O)c1ccc(Cl)cc1)Nc1ccc(F)c(Cl)c1. The Balaban J connectivity index is 1.88. The largest absolute Gasteiger partial charge is 0.325 e. The number of amides is 1. The maximum absolute atomic E-state index is 13.3. The van der Waals surface area contributed by atoms with Crippen LogP contribution in [0.4, 0.5) is 10.1 Å². The zero-order valence-corrected chi connectivity index (χ0v) is 18.9. The van der Waals surface area contributed by atoms with Gasteiger partial charge in [-0.1, -0.05) is 46.9 Å². The van der Waals surface area contributed by atoms with Gasteiger partial charge < -0.3 is 5.32 Å². The quantitative estimate of drug-likeness (QED) is 0.457. The molecule has 0 aliphatic carbocycles. The average Bonchev–Trinajstić information content (AvgIpc) is 2.70. The smallest absolute Gasteiger partial charge is 0.243 e. The molecule has 0 heterocycles. The average molecular weight is 502 g/mol. The van der Waals surface area contributed by atoms with Gasteiger partial charge in [-0.15, -0.1) is 0 Å². The summed E-state index contributed by atoms with van der Waals surface area (Å²) < 4.78 is 40.8. The summed E-state index contributed by atoms with van der Waals surface area (Å²) in [6.07, 6.45) is 0. The Kier molecular flexibility index (Phi) is 7.56. The van der Waals surface area contributed by atoms with E-state index in [-0.39, 0.29) is 22.2 Å². The van der Waals surface area contributed by atoms with Crippen molar-refractivity contribution in [2.75, 3.05) is 11.9 Å². The molecule has 0 fully saturated rings. The lowest BCUT2D eigenvalue weighted by molar-refractivity contribution is -0.116. The monoisotopic (exact) mass is 500 g/mol. The van der Waals surface area contributed by atoms with Crippen molar-refractivity contribution in [1.29, 1.82) is 0 Å². The van der Waals surface area contributed by atoms with E-state index in [0.717, 1.165) is 10.4 Å². The van der Waals surface area contributed by atoms with Crippen LogP contribution in [0.1, 0.15) is 5.56 Å². The van der Waals surface area contributed by atoms with Gasteiger partial charge in [0.25, 0.3) is 0 Å². The third-order valence-electron chi connectivity index (χ3n) is 4.22. The van der Waals surface area contributed by atoms with Crippen LogP contribution < -0.4 is 5.32 Å². The first kappa shape index (κ1) is 23.5. The zero-order chi connectivity index (χ0) is 22.6. The molecule has 0 aliphatic rings. The molecule has 3 rings (SSSR count). The van der Waals surface area contributed by atoms with Gasteiger partial charge in [0.15, 0.2) is 0 Å². The van der Waals surface area contributed by atoms with Gasteiger partial charge in [-0.25, -0.2) is 12.8 Å². The predicted octanol–water partition coefficient (Wildman–Crippen LogP) is 5.62. The Morgan fingerprint density at radius 2 is 1.65 bits per heavy atom. The summed E-state index contributed by atoms with van der Waals surface area (Å²) in [4.78, 5) is 12.6. The number of nitrogens with zero attached hydrogens (tertiary/aromatic N) is 1. The van der Waals surface area contributed by atoms with Crippen LogP contribution in [0.2, 0.25) is 15.1 Å². The molecule has 0 bridgehead atoms. The molecule has 0 radical (unpaired) electrons. The third kappa shape index (κ3) is 6.18. The summed E-state index contributed by atoms with van der Waals surface area (Å²) in [6, 6.07) is 16.0. The number of benzene rings is 3. The van der Waals surface area contributed by atoms with E-state index in [2.05, 4.69) is 5.32 Å². The maximum atomic E-state index is 13.3. The van der Waals surface area contributed by atoms with E-state index in [4.69, 9.17) is 34.8 Å². The summed E-state index contributed by atoms with van der Waals surface area (Å²) in [5, 5.41) is 3.18. The molecular formula is C21H16Cl3FN2O3S. The summed E-state index contributed by atoms with van der Waals surface area (Å²) >= 11 is 17.6. The molecule has 10 heteroatoms. The first-order chi connectivity index (χ1) is 14.6. The summed E-state index contributed by atoms with van der Waals surface area (Å²) in [5.74, 6) is -1.25. The van der Waals surface area contributed by atoms with Crippen molar-refractivity contribution in [2.24, 2.45) is 0 Å². The van der Waals surface area contributed by atoms with Crippen LogP contribution in [0, 0.1) is 5.82 Å². The van der Waals surface area contributed by atoms with Gasteiger partial charge in [-0.05, 0) is 60.2 Å². The van der Waals surface area contributed by atoms with E-state index in [1.54, 1.807) is 24.3 Å². The van der Waals surface area contributed by atoms with Crippen LogP contribution in [0.5, 0.6) is 0 Å². The van der Waals surface area contributed by atoms with Crippen LogP contribution >= 0.6 is 34.8 Å². The van der Waals surface area contributed by atoms with Gasteiger partial charge in [-0.2, -0.15) is 4.31 Å². The second-order valence-corrected chi connectivity index (χ2v) is 9.75. The molecule has 0 spiro atoms. The highest BCUT2D eigenvalue weighted by Crippen LogP contribution is 2.23. The fourth-order valence-electron chi connectivity index (χ4n) is 2.76. The number of carbonyl (C=O) groups excluding carboxylic acids is 1. The second-order valence-electron chi connectivity index (χ2n) is 6.53. The summed E-state index contributed by atoms with van der Waals surface area (Å²) in [5.41, 5.74) is 0.839. The molecule has 0 atom stereocenters. The van der Waals surface area contributed by atoms with Gasteiger partial charge >= 0.3 is 0 Å². The van der Waals surface area contributed by atoms with Gasteiger partial charge in [0.1, 0.15) is 5.82 Å². The molecule has 0 saturated heterocycles. The summed E-state index contributed by atoms with van der Waals surface area (Å²) in [7, 11) is -4.05. The van der Waals surface area contributed by atoms with Crippen LogP contribution in [0.3, 0.4) is 0 Å². The maximum Gasteiger partial charge on any atom is 0.243 e. The van der Waals surface area contributed by atoms with Crippen LogP contribution in [0.25, 0.3) is 0 Å². The molecule has 3 aromatic rings. The molecule has 0 saturated carbocycles. The van der Waals surface area contributed by atoms with Crippen LogP contribution in [-0.4, -0.2) is 25.2 Å². The topological polar surface area (TPSA) is 66.5 Å². The van der Waals surface area contributed by atoms with Crippen molar-refractivity contribution in [3.63, 3.8) is 0 Å². The fourth-order valence-corrected chi connectivity index (χ4v) is 4.66. The van der Waals surface area contributed by atoms with E-state index in [9.17, 15) is 17.6 Å². The van der Waals surface area contributed by atoms with E-state index < -0.39 is 28.3 Å². The number of carbonyl (C=O) groups is 1. The highest BCUT2D eigenvalue weighted by molar-refractivity contribution is 7.89. The predicted molar refractivity (Wildman–Crippen MR) is 121 cm³/mol. The van der Waals surface area contributed by atoms with E-state index in [1.807, 2.05) is 0 Å². The molecule has 31 heavy (non-hydrogen) atoms. The van der Waals surface area contributed by atoms with Crippen molar-refractivity contribution >= 4 is 56.4 Å². The highest BCUT2D eigenvalue weighted by atomic mass is 35.5. The zero-order valence-electron chi connectivity index (χ0n) is 15.9. The molecule has 1 amide bonds. The summed E-state index contributed by atoms with van der Waals surface area (Å²) in [6.45, 7) is -0.588. The van der Waals surface area contributed by atoms with Gasteiger partial charge in [-0.3, -0.25) is 4.79 Å². The lowest BCUT2D eigenvalue weighted by Gasteiger charge is -2.22. The van der Waals surface area contributed by atoms with Gasteiger partial charge in [0, 0.05) is 22.3 Å². The minimum absolute atomic E-state index is 0.0171. The van der Waals surface area contributed by atoms with E-state index in [0.29, 0.717) is 15.6 Å². The van der Waals surface area contributed by atoms with Crippen LogP contribution in [-0.2, 0) is 21.4 Å². The van der Waals surface area contributed by atoms with Crippen molar-refractivity contribution in [3.8, 4) is 0 Å². The Bertz CT molecular complexity index is 1200. The highest BCUT2D eigenvalue weighted by Gasteiger charge is 2.27. The van der Waals surface area contributed by atoms with E-state index in [1.165, 1.54) is 36.4 Å². The van der Waals surface area contributed by atoms with E-state index >= 15 is 0 Å². The van der Waals surface area contributed by atoms with Crippen molar-refractivity contribution in [2.45, 2.75) is 11.4 Å². The molecule has 5 nitrogen and oxygen atoms in total. The number of anilines is 1. The second kappa shape index (κ2) is 9.97. The fraction of sp³-hybridized carbons (Fsp3) is 0.0952. The van der Waals surface area contributed by atoms with Crippen LogP contribution in [0.15, 0.2) is 71.6 Å². The minimum atomic E-state index is -4.05. The minimum Gasteiger partial charge on any atom is -0.325 e. The molecule has 0 unspecified atom stereocenters. The first-order valence-corrected chi connectivity index (χ1v) is 11.5. The molecular weight excluding hydrogens is 486 g/mol. The first-order valence-electron chi connectivity index (χ1n) is 8.90. The van der Waals surface area contributed by atoms with Crippen molar-refractivity contribution in [1.82, 2.24) is 4.31 Å².